The number of fused-ring (bicyclic) bond motifs is 2. The van der Waals surface area contributed by atoms with Crippen LogP contribution >= 0.6 is 0 Å². The van der Waals surface area contributed by atoms with Crippen molar-refractivity contribution in [3.63, 3.8) is 0 Å². The molecular weight excluding hydrogens is 456 g/mol. The highest BCUT2D eigenvalue weighted by molar-refractivity contribution is 6.06. The lowest BCUT2D eigenvalue weighted by atomic mass is 9.93. The fourth-order valence-corrected chi connectivity index (χ4v) is 4.60. The molecule has 0 atom stereocenters. The van der Waals surface area contributed by atoms with Gasteiger partial charge < -0.3 is 13.6 Å². The first-order valence-corrected chi connectivity index (χ1v) is 12.0. The Hall–Kier alpha value is -4.13. The number of furan rings is 2. The van der Waals surface area contributed by atoms with Gasteiger partial charge in [-0.3, -0.25) is 4.79 Å². The van der Waals surface area contributed by atoms with Crippen molar-refractivity contribution < 1.29 is 23.2 Å². The number of aryl methyl sites for hydroxylation is 4. The van der Waals surface area contributed by atoms with Gasteiger partial charge in [0, 0.05) is 28.5 Å². The van der Waals surface area contributed by atoms with Crippen molar-refractivity contribution >= 4 is 28.6 Å². The smallest absolute Gasteiger partial charge is 0.379 e. The summed E-state index contributed by atoms with van der Waals surface area (Å²) in [6.07, 6.45) is 3.96. The summed E-state index contributed by atoms with van der Waals surface area (Å²) in [5, 5.41) is 5.35. The summed E-state index contributed by atoms with van der Waals surface area (Å²) in [4.78, 5) is 25.5. The number of nitrogens with one attached hydrogen (secondary N) is 1. The Labute approximate surface area is 209 Å². The van der Waals surface area contributed by atoms with Gasteiger partial charge in [-0.2, -0.15) is 5.10 Å². The molecule has 1 aliphatic carbocycles. The lowest BCUT2D eigenvalue weighted by Gasteiger charge is -2.13. The van der Waals surface area contributed by atoms with Crippen LogP contribution in [0.4, 0.5) is 0 Å². The summed E-state index contributed by atoms with van der Waals surface area (Å²) in [6.45, 7) is 7.83. The number of hydrogen-bond acceptors (Lipinski definition) is 6. The summed E-state index contributed by atoms with van der Waals surface area (Å²) in [6, 6.07) is 11.3. The van der Waals surface area contributed by atoms with Crippen LogP contribution in [0.15, 0.2) is 56.6 Å². The molecule has 2 aromatic heterocycles. The van der Waals surface area contributed by atoms with Gasteiger partial charge in [0.2, 0.25) is 11.7 Å². The van der Waals surface area contributed by atoms with Crippen LogP contribution in [0.2, 0.25) is 0 Å². The molecule has 184 valence electrons. The summed E-state index contributed by atoms with van der Waals surface area (Å²) in [5.41, 5.74) is 9.74. The zero-order valence-corrected chi connectivity index (χ0v) is 20.9. The average Bonchev–Trinajstić information content (AvgIpc) is 3.43. The van der Waals surface area contributed by atoms with E-state index in [0.29, 0.717) is 35.6 Å². The van der Waals surface area contributed by atoms with E-state index in [4.69, 9.17) is 13.6 Å². The van der Waals surface area contributed by atoms with Gasteiger partial charge in [-0.15, -0.1) is 0 Å². The first kappa shape index (κ1) is 23.6. The van der Waals surface area contributed by atoms with E-state index in [-0.39, 0.29) is 18.1 Å². The maximum absolute atomic E-state index is 12.8. The monoisotopic (exact) mass is 484 g/mol. The van der Waals surface area contributed by atoms with E-state index in [0.717, 1.165) is 45.2 Å². The number of rotatable bonds is 5. The van der Waals surface area contributed by atoms with Crippen LogP contribution in [0.5, 0.6) is 5.75 Å². The molecule has 7 heteroatoms. The van der Waals surface area contributed by atoms with Gasteiger partial charge in [-0.25, -0.2) is 10.2 Å². The van der Waals surface area contributed by atoms with Gasteiger partial charge >= 0.3 is 5.97 Å². The topological polar surface area (TPSA) is 94.0 Å². The highest BCUT2D eigenvalue weighted by Gasteiger charge is 2.29. The third-order valence-corrected chi connectivity index (χ3v) is 6.75. The molecule has 7 nitrogen and oxygen atoms in total. The van der Waals surface area contributed by atoms with Gasteiger partial charge in [0.05, 0.1) is 18.4 Å². The summed E-state index contributed by atoms with van der Waals surface area (Å²) >= 11 is 0. The molecule has 0 bridgehead atoms. The Morgan fingerprint density at radius 1 is 1.00 bits per heavy atom. The normalized spacial score (nSPS) is 14.2. The summed E-state index contributed by atoms with van der Waals surface area (Å²) in [5.74, 6) is 0.520. The summed E-state index contributed by atoms with van der Waals surface area (Å²) in [7, 11) is 0. The van der Waals surface area contributed by atoms with E-state index in [2.05, 4.69) is 10.5 Å². The van der Waals surface area contributed by atoms with E-state index in [9.17, 15) is 9.59 Å². The molecule has 0 spiro atoms. The fraction of sp³-hybridized carbons (Fsp3) is 0.276. The molecule has 0 radical (unpaired) electrons. The zero-order chi connectivity index (χ0) is 25.4. The minimum Gasteiger partial charge on any atom is -0.464 e. The largest absolute Gasteiger partial charge is 0.464 e. The van der Waals surface area contributed by atoms with Crippen LogP contribution < -0.4 is 10.2 Å². The molecular formula is C29H28N2O5. The van der Waals surface area contributed by atoms with Crippen molar-refractivity contribution in [2.24, 2.45) is 5.10 Å². The fourth-order valence-electron chi connectivity index (χ4n) is 4.60. The van der Waals surface area contributed by atoms with E-state index in [1.54, 1.807) is 18.4 Å². The summed E-state index contributed by atoms with van der Waals surface area (Å²) < 4.78 is 17.1. The molecule has 0 saturated carbocycles. The first-order valence-electron chi connectivity index (χ1n) is 12.0. The van der Waals surface area contributed by atoms with E-state index < -0.39 is 5.97 Å². The Balaban J connectivity index is 1.33. The second kappa shape index (κ2) is 9.49. The Morgan fingerprint density at radius 3 is 2.56 bits per heavy atom. The molecule has 36 heavy (non-hydrogen) atoms. The molecule has 0 aliphatic heterocycles. The van der Waals surface area contributed by atoms with Crippen LogP contribution in [0, 0.1) is 27.7 Å². The van der Waals surface area contributed by atoms with E-state index >= 15 is 0 Å². The van der Waals surface area contributed by atoms with Crippen molar-refractivity contribution in [1.29, 1.82) is 0 Å². The van der Waals surface area contributed by atoms with Gasteiger partial charge in [-0.05, 0) is 63.8 Å². The number of carbonyl (C=O) groups is 2. The molecule has 4 aromatic rings. The molecule has 2 aromatic carbocycles. The Bertz CT molecular complexity index is 1500. The van der Waals surface area contributed by atoms with Crippen molar-refractivity contribution in [3.8, 4) is 5.75 Å². The minimum absolute atomic E-state index is 0.150. The third kappa shape index (κ3) is 4.44. The van der Waals surface area contributed by atoms with Crippen molar-refractivity contribution in [2.45, 2.75) is 53.4 Å². The first-order chi connectivity index (χ1) is 17.3. The maximum Gasteiger partial charge on any atom is 0.379 e. The number of esters is 1. The van der Waals surface area contributed by atoms with Crippen LogP contribution in [-0.2, 0) is 17.6 Å². The molecule has 1 amide bonds. The predicted molar refractivity (Wildman–Crippen MR) is 137 cm³/mol. The molecule has 1 N–H and O–H groups in total. The second-order valence-corrected chi connectivity index (χ2v) is 9.33. The maximum atomic E-state index is 12.8. The number of benzene rings is 2. The van der Waals surface area contributed by atoms with Gasteiger partial charge in [-0.1, -0.05) is 29.8 Å². The number of nitrogens with zero attached hydrogens (tertiary/aromatic N) is 1. The van der Waals surface area contributed by atoms with E-state index in [1.807, 2.05) is 52.0 Å². The van der Waals surface area contributed by atoms with Crippen molar-refractivity contribution in [1.82, 2.24) is 5.43 Å². The number of carbonyl (C=O) groups excluding carboxylic acids is 2. The van der Waals surface area contributed by atoms with Crippen LogP contribution in [0.25, 0.3) is 11.0 Å². The Kier molecular flexibility index (Phi) is 6.22. The molecule has 0 fully saturated rings. The lowest BCUT2D eigenvalue weighted by Crippen LogP contribution is -2.23. The zero-order valence-electron chi connectivity index (χ0n) is 20.9. The lowest BCUT2D eigenvalue weighted by molar-refractivity contribution is -0.120. The van der Waals surface area contributed by atoms with Gasteiger partial charge in [0.25, 0.3) is 0 Å². The molecule has 5 rings (SSSR count). The highest BCUT2D eigenvalue weighted by Crippen LogP contribution is 2.31. The van der Waals surface area contributed by atoms with E-state index in [1.165, 1.54) is 0 Å². The number of ether oxygens (including phenoxy) is 1. The average molecular weight is 485 g/mol. The third-order valence-electron chi connectivity index (χ3n) is 6.75. The standard InChI is InChI=1S/C29H28N2O5/c1-16-8-11-21(12-9-16)35-29(33)28-19(4)26-23(6-5-7-24(26)36-28)30-31-25(32)14-20-15-34-27-18(3)17(2)10-13-22(20)27/h8-13,15H,5-7,14H2,1-4H3,(H,31,32)/b30-23+. The molecule has 0 saturated heterocycles. The van der Waals surface area contributed by atoms with Crippen LogP contribution in [0.1, 0.15) is 62.5 Å². The molecule has 1 aliphatic rings. The van der Waals surface area contributed by atoms with Crippen LogP contribution in [0.3, 0.4) is 0 Å². The van der Waals surface area contributed by atoms with Crippen molar-refractivity contribution in [3.05, 3.63) is 87.6 Å². The number of hydrogen-bond donors (Lipinski definition) is 1. The van der Waals surface area contributed by atoms with Crippen molar-refractivity contribution in [2.75, 3.05) is 0 Å². The quantitative estimate of drug-likeness (QED) is 0.217. The van der Waals surface area contributed by atoms with Crippen LogP contribution in [-0.4, -0.2) is 17.6 Å². The second-order valence-electron chi connectivity index (χ2n) is 9.33. The number of amides is 1. The van der Waals surface area contributed by atoms with Gasteiger partial charge in [0.1, 0.15) is 17.1 Å². The minimum atomic E-state index is -0.550. The Morgan fingerprint density at radius 2 is 1.78 bits per heavy atom. The number of hydrazone groups is 1. The highest BCUT2D eigenvalue weighted by atomic mass is 16.5. The predicted octanol–water partition coefficient (Wildman–Crippen LogP) is 5.88. The SMILES string of the molecule is Cc1ccc(OC(=O)c2oc3c(c2C)/C(=N/NC(=O)Cc2coc4c(C)c(C)ccc24)CCC3)cc1. The van der Waals surface area contributed by atoms with Gasteiger partial charge in [0.15, 0.2) is 0 Å². The molecule has 0 unspecified atom stereocenters. The molecule has 2 heterocycles.